The number of nitrogens with one attached hydrogen (secondary N) is 2. The molecule has 248 valence electrons. The Hall–Kier alpha value is -3.49. The summed E-state index contributed by atoms with van der Waals surface area (Å²) in [5.41, 5.74) is 10.0. The minimum absolute atomic E-state index is 0.0686. The number of piperidine rings is 1. The summed E-state index contributed by atoms with van der Waals surface area (Å²) >= 11 is 0. The van der Waals surface area contributed by atoms with Crippen LogP contribution in [-0.2, 0) is 21.4 Å². The van der Waals surface area contributed by atoms with Crippen LogP contribution in [0, 0.1) is 11.2 Å². The number of aromatic amines is 1. The van der Waals surface area contributed by atoms with E-state index in [1.807, 2.05) is 18.3 Å². The summed E-state index contributed by atoms with van der Waals surface area (Å²) in [6.07, 6.45) is -1.82. The van der Waals surface area contributed by atoms with Gasteiger partial charge in [0.15, 0.2) is 0 Å². The number of alkyl halides is 3. The zero-order valence-electron chi connectivity index (χ0n) is 25.9. The van der Waals surface area contributed by atoms with Crippen LogP contribution < -0.4 is 11.1 Å². The monoisotopic (exact) mass is 656 g/mol. The lowest BCUT2D eigenvalue weighted by atomic mass is 9.88. The number of carboxylic acids is 1. The summed E-state index contributed by atoms with van der Waals surface area (Å²) in [4.78, 5) is 24.5. The summed E-state index contributed by atoms with van der Waals surface area (Å²) in [6.45, 7) is 11.7. The first-order chi connectivity index (χ1) is 20.7. The van der Waals surface area contributed by atoms with Crippen LogP contribution in [-0.4, -0.2) is 65.8 Å². The number of sulfonamides is 1. The van der Waals surface area contributed by atoms with Gasteiger partial charge in [-0.25, -0.2) is 21.9 Å². The molecule has 5 N–H and O–H groups in total. The molecule has 1 saturated heterocycles. The Morgan fingerprint density at radius 2 is 1.67 bits per heavy atom. The zero-order chi connectivity index (χ0) is 33.9. The molecule has 1 fully saturated rings. The van der Waals surface area contributed by atoms with E-state index in [0.717, 1.165) is 16.5 Å². The molecule has 1 amide bonds. The fourth-order valence-electron chi connectivity index (χ4n) is 5.08. The van der Waals surface area contributed by atoms with E-state index >= 15 is 0 Å². The van der Waals surface area contributed by atoms with E-state index in [4.69, 9.17) is 15.6 Å². The highest BCUT2D eigenvalue weighted by Crippen LogP contribution is 2.37. The number of aliphatic carboxylic acids is 1. The number of benzene rings is 2. The smallest absolute Gasteiger partial charge is 0.475 e. The number of carboxylic acid groups (broad SMARTS) is 1. The maximum absolute atomic E-state index is 14.7. The van der Waals surface area contributed by atoms with Gasteiger partial charge in [-0.3, -0.25) is 4.79 Å². The van der Waals surface area contributed by atoms with Crippen LogP contribution >= 0.6 is 0 Å². The normalized spacial score (nSPS) is 15.8. The van der Waals surface area contributed by atoms with E-state index in [9.17, 15) is 30.8 Å². The van der Waals surface area contributed by atoms with Crippen molar-refractivity contribution in [1.29, 1.82) is 0 Å². The molecule has 0 unspecified atom stereocenters. The van der Waals surface area contributed by atoms with Gasteiger partial charge < -0.3 is 21.1 Å². The summed E-state index contributed by atoms with van der Waals surface area (Å²) in [7, 11) is -3.22. The first kappa shape index (κ1) is 36.0. The maximum Gasteiger partial charge on any atom is 0.490 e. The highest BCUT2D eigenvalue weighted by molar-refractivity contribution is 7.89. The minimum Gasteiger partial charge on any atom is -0.475 e. The molecule has 45 heavy (non-hydrogen) atoms. The van der Waals surface area contributed by atoms with Gasteiger partial charge in [0, 0.05) is 37.3 Å². The lowest BCUT2D eigenvalue weighted by Crippen LogP contribution is -2.38. The summed E-state index contributed by atoms with van der Waals surface area (Å²) in [5.74, 6) is -3.44. The third-order valence-corrected chi connectivity index (χ3v) is 10.1. The predicted octanol–water partition coefficient (Wildman–Crippen LogP) is 5.76. The number of amides is 1. The molecule has 0 bridgehead atoms. The first-order valence-corrected chi connectivity index (χ1v) is 16.1. The summed E-state index contributed by atoms with van der Waals surface area (Å²) < 4.78 is 72.6. The summed E-state index contributed by atoms with van der Waals surface area (Å²) in [5, 5.41) is 11.5. The molecule has 14 heteroatoms. The zero-order valence-corrected chi connectivity index (χ0v) is 26.7. The number of aromatic nitrogens is 1. The minimum atomic E-state index is -5.08. The number of nitrogens with zero attached hydrogens (tertiary/aromatic N) is 1. The Bertz CT molecular complexity index is 1640. The molecule has 0 aliphatic carbocycles. The second kappa shape index (κ2) is 13.9. The van der Waals surface area contributed by atoms with Crippen molar-refractivity contribution in [2.75, 3.05) is 18.8 Å². The molecule has 0 radical (unpaired) electrons. The molecule has 1 atom stereocenters. The van der Waals surface area contributed by atoms with Gasteiger partial charge in [-0.1, -0.05) is 20.8 Å². The fraction of sp³-hybridized carbons (Fsp3) is 0.484. The van der Waals surface area contributed by atoms with Gasteiger partial charge in [0.1, 0.15) is 5.82 Å². The Morgan fingerprint density at radius 3 is 2.18 bits per heavy atom. The van der Waals surface area contributed by atoms with Gasteiger partial charge in [-0.15, -0.1) is 0 Å². The van der Waals surface area contributed by atoms with Crippen molar-refractivity contribution in [2.45, 2.75) is 72.1 Å². The van der Waals surface area contributed by atoms with Crippen molar-refractivity contribution >= 4 is 32.8 Å². The van der Waals surface area contributed by atoms with E-state index in [-0.39, 0.29) is 28.9 Å². The highest BCUT2D eigenvalue weighted by Gasteiger charge is 2.38. The molecule has 1 aromatic heterocycles. The Labute approximate surface area is 260 Å². The van der Waals surface area contributed by atoms with E-state index < -0.39 is 28.1 Å². The van der Waals surface area contributed by atoms with Crippen molar-refractivity contribution in [3.63, 3.8) is 0 Å². The molecule has 9 nitrogen and oxygen atoms in total. The third kappa shape index (κ3) is 9.04. The van der Waals surface area contributed by atoms with Crippen molar-refractivity contribution in [2.24, 2.45) is 11.1 Å². The van der Waals surface area contributed by atoms with Crippen molar-refractivity contribution < 1.29 is 40.7 Å². The molecule has 0 saturated carbocycles. The Balaban J connectivity index is 0.000000707. The average molecular weight is 657 g/mol. The predicted molar refractivity (Wildman–Crippen MR) is 165 cm³/mol. The number of hydrogen-bond donors (Lipinski definition) is 4. The molecular formula is C31H40F4N4O5S. The van der Waals surface area contributed by atoms with Crippen molar-refractivity contribution in [1.82, 2.24) is 14.6 Å². The molecule has 0 spiro atoms. The lowest BCUT2D eigenvalue weighted by molar-refractivity contribution is -0.192. The standard InChI is InChI=1S/C29H39FN4O3S.C2HF3O2/c1-6-38(36,37)34-9-7-20(8-10-34)26-17-33-27-24(26)14-22(15-25(27)28(31)35)21-11-19(12-23(30)13-21)16-32-18(2)29(3,4)5;3-2(4,5)1(6)7/h11-15,17-18,20,32-33H,6-10,16H2,1-5H3,(H2,31,35);(H,6,7)/t18-;/m0./s1. The van der Waals surface area contributed by atoms with Crippen molar-refractivity contribution in [3.8, 4) is 11.1 Å². The number of halogens is 4. The van der Waals surface area contributed by atoms with Crippen LogP contribution in [0.15, 0.2) is 36.5 Å². The molecule has 1 aliphatic rings. The lowest BCUT2D eigenvalue weighted by Gasteiger charge is -2.31. The van der Waals surface area contributed by atoms with Gasteiger partial charge in [0.2, 0.25) is 10.0 Å². The number of H-pyrrole nitrogens is 1. The first-order valence-electron chi connectivity index (χ1n) is 14.5. The molecule has 2 aromatic carbocycles. The largest absolute Gasteiger partial charge is 0.490 e. The number of primary amides is 1. The molecule has 2 heterocycles. The van der Waals surface area contributed by atoms with Crippen LogP contribution in [0.5, 0.6) is 0 Å². The molecular weight excluding hydrogens is 616 g/mol. The van der Waals surface area contributed by atoms with E-state index in [1.165, 1.54) is 12.1 Å². The molecule has 3 aromatic rings. The van der Waals surface area contributed by atoms with Crippen LogP contribution in [0.3, 0.4) is 0 Å². The van der Waals surface area contributed by atoms with Gasteiger partial charge >= 0.3 is 12.1 Å². The van der Waals surface area contributed by atoms with Gasteiger partial charge in [-0.2, -0.15) is 13.2 Å². The van der Waals surface area contributed by atoms with Crippen LogP contribution in [0.25, 0.3) is 22.0 Å². The number of carbonyl (C=O) groups excluding carboxylic acids is 1. The van der Waals surface area contributed by atoms with Crippen LogP contribution in [0.2, 0.25) is 0 Å². The number of fused-ring (bicyclic) bond motifs is 1. The summed E-state index contributed by atoms with van der Waals surface area (Å²) in [6, 6.07) is 8.87. The second-order valence-electron chi connectivity index (χ2n) is 12.2. The van der Waals surface area contributed by atoms with Gasteiger partial charge in [0.05, 0.1) is 16.8 Å². The SMILES string of the molecule is CCS(=O)(=O)N1CCC(c2c[nH]c3c(C(N)=O)cc(-c4cc(F)cc(CN[C@@H](C)C(C)(C)C)c4)cc23)CC1.O=C(O)C(F)(F)F. The van der Waals surface area contributed by atoms with Crippen molar-refractivity contribution in [3.05, 3.63) is 59.0 Å². The Morgan fingerprint density at radius 1 is 1.09 bits per heavy atom. The fourth-order valence-corrected chi connectivity index (χ4v) is 6.21. The highest BCUT2D eigenvalue weighted by atomic mass is 32.2. The molecule has 1 aliphatic heterocycles. The van der Waals surface area contributed by atoms with Crippen LogP contribution in [0.1, 0.15) is 74.9 Å². The average Bonchev–Trinajstić information content (AvgIpc) is 3.38. The Kier molecular flexibility index (Phi) is 11.1. The third-order valence-electron chi connectivity index (χ3n) is 8.18. The van der Waals surface area contributed by atoms with Crippen LogP contribution in [0.4, 0.5) is 17.6 Å². The number of rotatable bonds is 8. The van der Waals surface area contributed by atoms with E-state index in [0.29, 0.717) is 54.7 Å². The number of nitrogens with two attached hydrogens (primary N) is 1. The maximum atomic E-state index is 14.7. The number of carbonyl (C=O) groups is 2. The van der Waals surface area contributed by atoms with Gasteiger partial charge in [-0.05, 0) is 90.6 Å². The second-order valence-corrected chi connectivity index (χ2v) is 14.5. The molecule has 4 rings (SSSR count). The number of hydrogen-bond acceptors (Lipinski definition) is 5. The quantitative estimate of drug-likeness (QED) is 0.227. The van der Waals surface area contributed by atoms with E-state index in [2.05, 4.69) is 38.0 Å². The van der Waals surface area contributed by atoms with Gasteiger partial charge in [0.25, 0.3) is 5.91 Å². The topological polar surface area (TPSA) is 146 Å². The van der Waals surface area contributed by atoms with E-state index in [1.54, 1.807) is 17.3 Å².